The van der Waals surface area contributed by atoms with E-state index in [0.29, 0.717) is 53.6 Å². The lowest BCUT2D eigenvalue weighted by molar-refractivity contribution is -0.116. The summed E-state index contributed by atoms with van der Waals surface area (Å²) in [5, 5.41) is 63.2. The molecule has 0 fully saturated rings. The summed E-state index contributed by atoms with van der Waals surface area (Å²) in [5.41, 5.74) is 1.77. The van der Waals surface area contributed by atoms with Crippen molar-refractivity contribution < 1.29 is 44.8 Å². The highest BCUT2D eigenvalue weighted by atomic mass is 79.9. The molecule has 17 heteroatoms. The molecule has 4 heterocycles. The minimum atomic E-state index is -1.16. The molecule has 8 bridgehead atoms. The first-order valence-electron chi connectivity index (χ1n) is 15.0. The Morgan fingerprint density at radius 1 is 0.627 bits per heavy atom. The number of aliphatic hydroxyl groups is 1. The lowest BCUT2D eigenvalue weighted by Crippen LogP contribution is -2.35. The van der Waals surface area contributed by atoms with E-state index in [4.69, 9.17) is 9.47 Å². The number of carbonyl (C=O) groups excluding carboxylic acids is 2. The largest absolute Gasteiger partial charge is 0.503 e. The van der Waals surface area contributed by atoms with E-state index in [-0.39, 0.29) is 64.8 Å². The van der Waals surface area contributed by atoms with Crippen LogP contribution in [0.5, 0.6) is 34.5 Å². The first-order chi connectivity index (χ1) is 24.4. The SMILES string of the molecule is O=C1NCCc2cc(Br)c(O)c(c2)Oc2ccc(cc2Br)[C@@H](O)CNC(=O)/C(=N/O)Cc2cc(Br)c(O)c(c2)Oc2ccc(cc2Br)C/C1=N\O. The Balaban J connectivity index is 1.47. The third-order valence-electron chi connectivity index (χ3n) is 7.62. The Hall–Kier alpha value is -4.16. The lowest BCUT2D eigenvalue weighted by Gasteiger charge is -2.16. The predicted molar refractivity (Wildman–Crippen MR) is 201 cm³/mol. The van der Waals surface area contributed by atoms with E-state index in [9.17, 15) is 35.3 Å². The van der Waals surface area contributed by atoms with Crippen LogP contribution in [-0.4, -0.2) is 62.1 Å². The smallest absolute Gasteiger partial charge is 0.269 e. The molecule has 4 aromatic carbocycles. The summed E-state index contributed by atoms with van der Waals surface area (Å²) in [6.07, 6.45) is -1.01. The van der Waals surface area contributed by atoms with Gasteiger partial charge in [-0.25, -0.2) is 0 Å². The molecule has 0 spiro atoms. The van der Waals surface area contributed by atoms with E-state index in [1.54, 1.807) is 48.5 Å². The van der Waals surface area contributed by atoms with Crippen LogP contribution in [0, 0.1) is 0 Å². The number of benzene rings is 4. The van der Waals surface area contributed by atoms with Crippen molar-refractivity contribution in [3.05, 3.63) is 101 Å². The zero-order chi connectivity index (χ0) is 36.8. The van der Waals surface area contributed by atoms with E-state index in [1.807, 2.05) is 0 Å². The average Bonchev–Trinajstić information content (AvgIpc) is 3.10. The van der Waals surface area contributed by atoms with Crippen LogP contribution in [-0.2, 0) is 28.9 Å². The first-order valence-corrected chi connectivity index (χ1v) is 18.2. The Morgan fingerprint density at radius 2 is 1.14 bits per heavy atom. The average molecular weight is 956 g/mol. The minimum absolute atomic E-state index is 0.0216. The number of aliphatic hydroxyl groups excluding tert-OH is 1. The number of phenols is 2. The normalized spacial score (nSPS) is 17.6. The monoisotopic (exact) mass is 952 g/mol. The van der Waals surface area contributed by atoms with Gasteiger partial charge < -0.3 is 45.8 Å². The van der Waals surface area contributed by atoms with Gasteiger partial charge in [0.25, 0.3) is 11.8 Å². The van der Waals surface area contributed by atoms with E-state index in [0.717, 1.165) is 0 Å². The van der Waals surface area contributed by atoms with Crippen molar-refractivity contribution in [3.8, 4) is 34.5 Å². The second-order valence-corrected chi connectivity index (χ2v) is 14.6. The standard InChI is InChI=1S/C34H28Br4N4O9/c35-20-7-16-1-3-27(20)50-30-13-18(9-23(38)32(30)45)11-25(42-49)34(47)40-15-26(43)19-2-4-28(21(36)14-19)51-29-12-17(8-22(37)31(29)44)5-6-39-33(46)24(10-16)41-48/h1-4,7-9,12-14,26,43-45,48-49H,5-6,10-11,15H2,(H,39,46)(H,40,47)/b41-24+,42-25+/t26-/m0/s1. The van der Waals surface area contributed by atoms with Gasteiger partial charge in [-0.3, -0.25) is 9.59 Å². The van der Waals surface area contributed by atoms with Crippen molar-refractivity contribution in [2.45, 2.75) is 25.4 Å². The van der Waals surface area contributed by atoms with Gasteiger partial charge in [0.2, 0.25) is 0 Å². The van der Waals surface area contributed by atoms with Gasteiger partial charge in [-0.1, -0.05) is 22.4 Å². The number of ether oxygens (including phenoxy) is 2. The fraction of sp³-hybridized carbons (Fsp3) is 0.176. The molecule has 0 aromatic heterocycles. The van der Waals surface area contributed by atoms with Crippen molar-refractivity contribution in [1.29, 1.82) is 0 Å². The van der Waals surface area contributed by atoms with Crippen molar-refractivity contribution in [2.24, 2.45) is 10.3 Å². The summed E-state index contributed by atoms with van der Waals surface area (Å²) < 4.78 is 13.5. The fourth-order valence-corrected chi connectivity index (χ4v) is 6.94. The zero-order valence-corrected chi connectivity index (χ0v) is 32.5. The fourth-order valence-electron chi connectivity index (χ4n) is 4.98. The van der Waals surface area contributed by atoms with Gasteiger partial charge in [-0.05, 0) is 141 Å². The number of halogens is 4. The molecule has 8 rings (SSSR count). The van der Waals surface area contributed by atoms with E-state index >= 15 is 0 Å². The van der Waals surface area contributed by atoms with Crippen LogP contribution in [0.2, 0.25) is 0 Å². The Morgan fingerprint density at radius 3 is 1.73 bits per heavy atom. The topological polar surface area (TPSA) is 203 Å². The van der Waals surface area contributed by atoms with Gasteiger partial charge in [0, 0.05) is 25.9 Å². The van der Waals surface area contributed by atoms with Crippen molar-refractivity contribution in [1.82, 2.24) is 10.6 Å². The molecular weight excluding hydrogens is 928 g/mol. The number of aromatic hydroxyl groups is 2. The number of phenolic OH excluding ortho intramolecular Hbond substituents is 2. The molecule has 4 aromatic rings. The third kappa shape index (κ3) is 9.39. The Bertz CT molecular complexity index is 2060. The molecule has 0 saturated carbocycles. The molecule has 0 unspecified atom stereocenters. The number of carbonyl (C=O) groups is 2. The minimum Gasteiger partial charge on any atom is -0.503 e. The zero-order valence-electron chi connectivity index (χ0n) is 26.2. The summed E-state index contributed by atoms with van der Waals surface area (Å²) in [4.78, 5) is 25.9. The number of nitrogens with zero attached hydrogens (tertiary/aromatic N) is 2. The van der Waals surface area contributed by atoms with E-state index in [1.165, 1.54) is 12.1 Å². The lowest BCUT2D eigenvalue weighted by atomic mass is 10.1. The molecule has 0 aliphatic carbocycles. The number of hydrogen-bond donors (Lipinski definition) is 7. The van der Waals surface area contributed by atoms with Gasteiger partial charge in [-0.15, -0.1) is 0 Å². The van der Waals surface area contributed by atoms with Gasteiger partial charge in [0.1, 0.15) is 22.9 Å². The van der Waals surface area contributed by atoms with Crippen LogP contribution in [0.25, 0.3) is 0 Å². The Labute approximate surface area is 324 Å². The molecule has 51 heavy (non-hydrogen) atoms. The molecule has 4 aliphatic rings. The maximum atomic E-state index is 13.0. The van der Waals surface area contributed by atoms with E-state index < -0.39 is 17.9 Å². The number of rotatable bonds is 0. The molecule has 2 amide bonds. The van der Waals surface area contributed by atoms with Crippen molar-refractivity contribution >= 4 is 87.0 Å². The quantitative estimate of drug-likeness (QED) is 0.0716. The summed E-state index contributed by atoms with van der Waals surface area (Å²) in [5.74, 6) is -0.953. The first kappa shape index (κ1) is 38.1. The third-order valence-corrected chi connectivity index (χ3v) is 10.1. The number of nitrogens with one attached hydrogen (secondary N) is 2. The predicted octanol–water partition coefficient (Wildman–Crippen LogP) is 7.00. The number of amides is 2. The van der Waals surface area contributed by atoms with Crippen molar-refractivity contribution in [2.75, 3.05) is 13.1 Å². The molecule has 4 aliphatic heterocycles. The highest BCUT2D eigenvalue weighted by Crippen LogP contribution is 2.42. The summed E-state index contributed by atoms with van der Waals surface area (Å²) in [6, 6.07) is 16.0. The maximum Gasteiger partial charge on any atom is 0.269 e. The van der Waals surface area contributed by atoms with Gasteiger partial charge in [-0.2, -0.15) is 0 Å². The highest BCUT2D eigenvalue weighted by molar-refractivity contribution is 9.11. The van der Waals surface area contributed by atoms with Crippen LogP contribution < -0.4 is 20.1 Å². The molecule has 7 N–H and O–H groups in total. The van der Waals surface area contributed by atoms with Gasteiger partial charge >= 0.3 is 0 Å². The van der Waals surface area contributed by atoms with Crippen LogP contribution in [0.3, 0.4) is 0 Å². The summed E-state index contributed by atoms with van der Waals surface area (Å²) >= 11 is 13.5. The number of oxime groups is 2. The Kier molecular flexibility index (Phi) is 12.6. The number of hydrogen-bond acceptors (Lipinski definition) is 11. The van der Waals surface area contributed by atoms with Crippen molar-refractivity contribution in [3.63, 3.8) is 0 Å². The van der Waals surface area contributed by atoms with Crippen LogP contribution in [0.4, 0.5) is 0 Å². The summed E-state index contributed by atoms with van der Waals surface area (Å²) in [6.45, 7) is -0.0539. The van der Waals surface area contributed by atoms with Gasteiger partial charge in [0.15, 0.2) is 23.0 Å². The second kappa shape index (κ2) is 16.9. The maximum absolute atomic E-state index is 13.0. The molecular formula is C34H28Br4N4O9. The molecule has 1 atom stereocenters. The second-order valence-electron chi connectivity index (χ2n) is 11.2. The summed E-state index contributed by atoms with van der Waals surface area (Å²) in [7, 11) is 0. The highest BCUT2D eigenvalue weighted by Gasteiger charge is 2.21. The van der Waals surface area contributed by atoms with Crippen LogP contribution in [0.15, 0.2) is 88.9 Å². The van der Waals surface area contributed by atoms with Crippen LogP contribution >= 0.6 is 63.7 Å². The van der Waals surface area contributed by atoms with E-state index in [2.05, 4.69) is 84.7 Å². The molecule has 266 valence electrons. The molecule has 0 saturated heterocycles. The van der Waals surface area contributed by atoms with Crippen LogP contribution in [0.1, 0.15) is 28.4 Å². The van der Waals surface area contributed by atoms with Gasteiger partial charge in [0.05, 0.1) is 24.0 Å². The molecule has 0 radical (unpaired) electrons. The molecule has 13 nitrogen and oxygen atoms in total.